The summed E-state index contributed by atoms with van der Waals surface area (Å²) in [5.41, 5.74) is 1.32. The molecule has 0 saturated carbocycles. The predicted octanol–water partition coefficient (Wildman–Crippen LogP) is 3.41. The van der Waals surface area contributed by atoms with E-state index in [0.29, 0.717) is 6.04 Å². The Bertz CT molecular complexity index is 304. The second-order valence-corrected chi connectivity index (χ2v) is 4.79. The number of rotatable bonds is 3. The van der Waals surface area contributed by atoms with Crippen LogP contribution in [0.15, 0.2) is 17.7 Å². The van der Waals surface area contributed by atoms with Gasteiger partial charge in [-0.15, -0.1) is 11.3 Å². The van der Waals surface area contributed by atoms with Crippen LogP contribution in [0.5, 0.6) is 0 Å². The topological polar surface area (TPSA) is 12.0 Å². The van der Waals surface area contributed by atoms with Crippen molar-refractivity contribution in [1.82, 2.24) is 5.32 Å². The lowest BCUT2D eigenvalue weighted by molar-refractivity contribution is 0.696. The van der Waals surface area contributed by atoms with Gasteiger partial charge in [0, 0.05) is 10.9 Å². The highest BCUT2D eigenvalue weighted by atomic mass is 35.5. The molecular formula is C10H14ClNS. The van der Waals surface area contributed by atoms with E-state index in [1.165, 1.54) is 10.5 Å². The SMILES string of the molecule is CNC(C)/C(C)=C/c1ccc(Cl)s1. The van der Waals surface area contributed by atoms with E-state index in [9.17, 15) is 0 Å². The first-order valence-corrected chi connectivity index (χ1v) is 5.43. The number of nitrogens with one attached hydrogen (secondary N) is 1. The van der Waals surface area contributed by atoms with E-state index in [1.807, 2.05) is 19.2 Å². The molecule has 0 fully saturated rings. The maximum absolute atomic E-state index is 5.83. The lowest BCUT2D eigenvalue weighted by Gasteiger charge is -2.09. The predicted molar refractivity (Wildman–Crippen MR) is 61.5 cm³/mol. The molecule has 1 heterocycles. The van der Waals surface area contributed by atoms with Crippen molar-refractivity contribution in [3.8, 4) is 0 Å². The van der Waals surface area contributed by atoms with Gasteiger partial charge in [0.25, 0.3) is 0 Å². The first-order valence-electron chi connectivity index (χ1n) is 4.24. The maximum atomic E-state index is 5.83. The van der Waals surface area contributed by atoms with E-state index >= 15 is 0 Å². The van der Waals surface area contributed by atoms with E-state index in [1.54, 1.807) is 11.3 Å². The summed E-state index contributed by atoms with van der Waals surface area (Å²) in [5, 5.41) is 3.20. The molecule has 1 unspecified atom stereocenters. The summed E-state index contributed by atoms with van der Waals surface area (Å²) >= 11 is 7.44. The van der Waals surface area contributed by atoms with Crippen molar-refractivity contribution in [2.45, 2.75) is 19.9 Å². The monoisotopic (exact) mass is 215 g/mol. The molecular weight excluding hydrogens is 202 g/mol. The Labute approximate surface area is 88.4 Å². The van der Waals surface area contributed by atoms with E-state index < -0.39 is 0 Å². The van der Waals surface area contributed by atoms with Crippen molar-refractivity contribution in [1.29, 1.82) is 0 Å². The standard InChI is InChI=1S/C10H14ClNS/c1-7(8(2)12-3)6-9-4-5-10(11)13-9/h4-6,8,12H,1-3H3/b7-6+. The van der Waals surface area contributed by atoms with Gasteiger partial charge in [-0.25, -0.2) is 0 Å². The largest absolute Gasteiger partial charge is 0.314 e. The maximum Gasteiger partial charge on any atom is 0.0934 e. The zero-order chi connectivity index (χ0) is 9.84. The lowest BCUT2D eigenvalue weighted by Crippen LogP contribution is -2.21. The van der Waals surface area contributed by atoms with Crippen LogP contribution in [0, 0.1) is 0 Å². The Balaban J connectivity index is 2.76. The third-order valence-electron chi connectivity index (χ3n) is 2.08. The Kier molecular flexibility index (Phi) is 3.97. The number of hydrogen-bond acceptors (Lipinski definition) is 2. The van der Waals surface area contributed by atoms with Crippen molar-refractivity contribution in [3.63, 3.8) is 0 Å². The van der Waals surface area contributed by atoms with Gasteiger partial charge in [0.1, 0.15) is 0 Å². The third-order valence-corrected chi connectivity index (χ3v) is 3.26. The number of hydrogen-bond donors (Lipinski definition) is 1. The number of halogens is 1. The highest BCUT2D eigenvalue weighted by Crippen LogP contribution is 2.23. The van der Waals surface area contributed by atoms with Gasteiger partial charge < -0.3 is 5.32 Å². The second-order valence-electron chi connectivity index (χ2n) is 3.04. The van der Waals surface area contributed by atoms with E-state index in [2.05, 4.69) is 25.2 Å². The molecule has 0 saturated heterocycles. The average molecular weight is 216 g/mol. The van der Waals surface area contributed by atoms with Gasteiger partial charge in [-0.05, 0) is 39.1 Å². The summed E-state index contributed by atoms with van der Waals surface area (Å²) < 4.78 is 0.844. The smallest absolute Gasteiger partial charge is 0.0934 e. The van der Waals surface area contributed by atoms with E-state index in [0.717, 1.165) is 4.34 Å². The van der Waals surface area contributed by atoms with Crippen LogP contribution in [0.1, 0.15) is 18.7 Å². The minimum atomic E-state index is 0.417. The van der Waals surface area contributed by atoms with E-state index in [-0.39, 0.29) is 0 Å². The van der Waals surface area contributed by atoms with Crippen LogP contribution in [-0.4, -0.2) is 13.1 Å². The summed E-state index contributed by atoms with van der Waals surface area (Å²) in [6.45, 7) is 4.26. The Morgan fingerprint density at radius 2 is 2.31 bits per heavy atom. The van der Waals surface area contributed by atoms with Gasteiger partial charge >= 0.3 is 0 Å². The number of thiophene rings is 1. The molecule has 72 valence electrons. The van der Waals surface area contributed by atoms with Crippen LogP contribution in [0.4, 0.5) is 0 Å². The van der Waals surface area contributed by atoms with E-state index in [4.69, 9.17) is 11.6 Å². The van der Waals surface area contributed by atoms with Crippen molar-refractivity contribution in [2.75, 3.05) is 7.05 Å². The van der Waals surface area contributed by atoms with Crippen LogP contribution < -0.4 is 5.32 Å². The summed E-state index contributed by atoms with van der Waals surface area (Å²) in [7, 11) is 1.96. The van der Waals surface area contributed by atoms with Gasteiger partial charge in [0.05, 0.1) is 4.34 Å². The molecule has 1 aromatic rings. The summed E-state index contributed by atoms with van der Waals surface area (Å²) in [6.07, 6.45) is 2.16. The summed E-state index contributed by atoms with van der Waals surface area (Å²) in [5.74, 6) is 0. The van der Waals surface area contributed by atoms with Crippen LogP contribution in [0.2, 0.25) is 4.34 Å². The lowest BCUT2D eigenvalue weighted by atomic mass is 10.1. The average Bonchev–Trinajstić information content (AvgIpc) is 2.49. The molecule has 0 amide bonds. The van der Waals surface area contributed by atoms with Gasteiger partial charge in [-0.2, -0.15) is 0 Å². The van der Waals surface area contributed by atoms with Crippen LogP contribution in [0.25, 0.3) is 6.08 Å². The molecule has 3 heteroatoms. The Morgan fingerprint density at radius 1 is 1.62 bits per heavy atom. The summed E-state index contributed by atoms with van der Waals surface area (Å²) in [6, 6.07) is 4.38. The first-order chi connectivity index (χ1) is 6.13. The Morgan fingerprint density at radius 3 is 2.77 bits per heavy atom. The molecule has 0 aliphatic heterocycles. The second kappa shape index (κ2) is 4.80. The van der Waals surface area contributed by atoms with Crippen molar-refractivity contribution >= 4 is 29.0 Å². The molecule has 0 aliphatic rings. The molecule has 0 radical (unpaired) electrons. The molecule has 0 bridgehead atoms. The minimum Gasteiger partial charge on any atom is -0.314 e. The van der Waals surface area contributed by atoms with Crippen LogP contribution in [-0.2, 0) is 0 Å². The van der Waals surface area contributed by atoms with Gasteiger partial charge in [-0.3, -0.25) is 0 Å². The molecule has 1 aromatic heterocycles. The molecule has 0 aromatic carbocycles. The molecule has 1 atom stereocenters. The molecule has 1 nitrogen and oxygen atoms in total. The molecule has 0 spiro atoms. The zero-order valence-corrected chi connectivity index (χ0v) is 9.67. The normalized spacial score (nSPS) is 14.6. The molecule has 0 aliphatic carbocycles. The highest BCUT2D eigenvalue weighted by molar-refractivity contribution is 7.17. The third kappa shape index (κ3) is 3.14. The molecule has 13 heavy (non-hydrogen) atoms. The van der Waals surface area contributed by atoms with Gasteiger partial charge in [-0.1, -0.05) is 17.2 Å². The summed E-state index contributed by atoms with van der Waals surface area (Å²) in [4.78, 5) is 1.21. The Hall–Kier alpha value is -0.310. The minimum absolute atomic E-state index is 0.417. The molecule has 1 N–H and O–H groups in total. The quantitative estimate of drug-likeness (QED) is 0.815. The van der Waals surface area contributed by atoms with Gasteiger partial charge in [0.2, 0.25) is 0 Å². The van der Waals surface area contributed by atoms with Crippen molar-refractivity contribution < 1.29 is 0 Å². The van der Waals surface area contributed by atoms with Crippen molar-refractivity contribution in [3.05, 3.63) is 26.9 Å². The fraction of sp³-hybridized carbons (Fsp3) is 0.400. The van der Waals surface area contributed by atoms with Crippen LogP contribution in [0.3, 0.4) is 0 Å². The fourth-order valence-corrected chi connectivity index (χ4v) is 2.06. The van der Waals surface area contributed by atoms with Crippen LogP contribution >= 0.6 is 22.9 Å². The van der Waals surface area contributed by atoms with Gasteiger partial charge in [0.15, 0.2) is 0 Å². The molecule has 1 rings (SSSR count). The highest BCUT2D eigenvalue weighted by Gasteiger charge is 2.01. The zero-order valence-electron chi connectivity index (χ0n) is 8.10. The fourth-order valence-electron chi connectivity index (χ4n) is 0.983. The van der Waals surface area contributed by atoms with Crippen molar-refractivity contribution in [2.24, 2.45) is 0 Å². The first kappa shape index (κ1) is 10.8. The number of likely N-dealkylation sites (N-methyl/N-ethyl adjacent to an activating group) is 1.